The summed E-state index contributed by atoms with van der Waals surface area (Å²) in [6, 6.07) is 7.59. The van der Waals surface area contributed by atoms with Gasteiger partial charge in [0.1, 0.15) is 0 Å². The van der Waals surface area contributed by atoms with Gasteiger partial charge in [-0.15, -0.1) is 0 Å². The fraction of sp³-hybridized carbons (Fsp3) is 0.625. The summed E-state index contributed by atoms with van der Waals surface area (Å²) in [6.07, 6.45) is 2.39. The minimum absolute atomic E-state index is 0.570. The predicted molar refractivity (Wildman–Crippen MR) is 94.5 cm³/mol. The molecule has 20 heavy (non-hydrogen) atoms. The van der Waals surface area contributed by atoms with Crippen LogP contribution in [0.5, 0.6) is 0 Å². The molecule has 2 rings (SSSR count). The van der Waals surface area contributed by atoms with Crippen LogP contribution in [0.25, 0.3) is 0 Å². The summed E-state index contributed by atoms with van der Waals surface area (Å²) in [5, 5.41) is 3.74. The third-order valence-electron chi connectivity index (χ3n) is 4.47. The minimum Gasteiger partial charge on any atom is -0.365 e. The zero-order valence-corrected chi connectivity index (χ0v) is 15.7. The van der Waals surface area contributed by atoms with E-state index in [2.05, 4.69) is 81.0 Å². The van der Waals surface area contributed by atoms with Crippen LogP contribution in [0.3, 0.4) is 0 Å². The molecule has 1 heterocycles. The molecule has 1 aliphatic heterocycles. The summed E-state index contributed by atoms with van der Waals surface area (Å²) < 4.78 is 2.33. The first-order valence-corrected chi connectivity index (χ1v) is 9.10. The van der Waals surface area contributed by atoms with Crippen molar-refractivity contribution in [1.82, 2.24) is 5.32 Å². The normalized spacial score (nSPS) is 24.8. The van der Waals surface area contributed by atoms with Crippen LogP contribution in [0.1, 0.15) is 33.6 Å². The highest BCUT2D eigenvalue weighted by atomic mass is 79.9. The molecule has 112 valence electrons. The van der Waals surface area contributed by atoms with Crippen LogP contribution in [-0.4, -0.2) is 25.2 Å². The van der Waals surface area contributed by atoms with Crippen LogP contribution in [0.4, 0.5) is 5.69 Å². The number of rotatable bonds is 4. The zero-order valence-electron chi connectivity index (χ0n) is 12.5. The maximum atomic E-state index is 3.74. The second-order valence-corrected chi connectivity index (χ2v) is 7.48. The summed E-state index contributed by atoms with van der Waals surface area (Å²) in [4.78, 5) is 2.57. The lowest BCUT2D eigenvalue weighted by Crippen LogP contribution is -2.58. The fourth-order valence-corrected chi connectivity index (χ4v) is 3.68. The molecule has 0 amide bonds. The van der Waals surface area contributed by atoms with Gasteiger partial charge in [-0.1, -0.05) is 43.1 Å². The van der Waals surface area contributed by atoms with Gasteiger partial charge in [0.05, 0.1) is 5.69 Å². The average molecular weight is 404 g/mol. The quantitative estimate of drug-likeness (QED) is 0.775. The summed E-state index contributed by atoms with van der Waals surface area (Å²) in [6.45, 7) is 9.05. The van der Waals surface area contributed by atoms with Crippen molar-refractivity contribution in [2.75, 3.05) is 18.0 Å². The lowest BCUT2D eigenvalue weighted by molar-refractivity contribution is 0.306. The van der Waals surface area contributed by atoms with Crippen molar-refractivity contribution < 1.29 is 0 Å². The second-order valence-electron chi connectivity index (χ2n) is 5.71. The zero-order chi connectivity index (χ0) is 14.7. The van der Waals surface area contributed by atoms with E-state index in [1.165, 1.54) is 23.0 Å². The highest BCUT2D eigenvalue weighted by Gasteiger charge is 2.30. The predicted octanol–water partition coefficient (Wildman–Crippen LogP) is 4.81. The third-order valence-corrected chi connectivity index (χ3v) is 5.63. The molecule has 1 aromatic rings. The van der Waals surface area contributed by atoms with E-state index in [1.54, 1.807) is 0 Å². The molecule has 0 saturated carbocycles. The lowest BCUT2D eigenvalue weighted by Gasteiger charge is -2.44. The molecular formula is C16H24Br2N2. The highest BCUT2D eigenvalue weighted by Crippen LogP contribution is 2.33. The molecule has 3 unspecified atom stereocenters. The summed E-state index contributed by atoms with van der Waals surface area (Å²) in [5.41, 5.74) is 1.31. The highest BCUT2D eigenvalue weighted by molar-refractivity contribution is 9.11. The minimum atomic E-state index is 0.570. The van der Waals surface area contributed by atoms with Crippen LogP contribution < -0.4 is 10.2 Å². The smallest absolute Gasteiger partial charge is 0.0525 e. The van der Waals surface area contributed by atoms with E-state index in [9.17, 15) is 0 Å². The van der Waals surface area contributed by atoms with Gasteiger partial charge in [-0.3, -0.25) is 0 Å². The van der Waals surface area contributed by atoms with Crippen molar-refractivity contribution in [2.45, 2.75) is 45.7 Å². The van der Waals surface area contributed by atoms with Gasteiger partial charge in [-0.2, -0.15) is 0 Å². The lowest BCUT2D eigenvalue weighted by atomic mass is 9.94. The molecule has 0 aromatic heterocycles. The molecule has 0 spiro atoms. The Morgan fingerprint density at radius 2 is 2.10 bits per heavy atom. The molecular weight excluding hydrogens is 380 g/mol. The first kappa shape index (κ1) is 16.3. The van der Waals surface area contributed by atoms with E-state index >= 15 is 0 Å². The fourth-order valence-electron chi connectivity index (χ4n) is 2.85. The Balaban J connectivity index is 2.26. The van der Waals surface area contributed by atoms with E-state index in [4.69, 9.17) is 0 Å². The molecule has 2 nitrogen and oxygen atoms in total. The number of anilines is 1. The maximum absolute atomic E-state index is 3.74. The van der Waals surface area contributed by atoms with Crippen LogP contribution in [-0.2, 0) is 0 Å². The molecule has 1 aliphatic rings. The molecule has 1 saturated heterocycles. The largest absolute Gasteiger partial charge is 0.365 e. The third kappa shape index (κ3) is 3.58. The first-order chi connectivity index (χ1) is 9.56. The van der Waals surface area contributed by atoms with E-state index < -0.39 is 0 Å². The van der Waals surface area contributed by atoms with Gasteiger partial charge in [-0.25, -0.2) is 0 Å². The summed E-state index contributed by atoms with van der Waals surface area (Å²) in [5.74, 6) is 0.709. The van der Waals surface area contributed by atoms with Crippen molar-refractivity contribution in [3.63, 3.8) is 0 Å². The van der Waals surface area contributed by atoms with Gasteiger partial charge in [0.15, 0.2) is 0 Å². The van der Waals surface area contributed by atoms with E-state index in [-0.39, 0.29) is 0 Å². The molecule has 0 aliphatic carbocycles. The Kier molecular flexibility index (Phi) is 5.94. The van der Waals surface area contributed by atoms with Gasteiger partial charge >= 0.3 is 0 Å². The van der Waals surface area contributed by atoms with Crippen LogP contribution in [0.2, 0.25) is 0 Å². The van der Waals surface area contributed by atoms with Crippen molar-refractivity contribution in [3.8, 4) is 0 Å². The Hall–Kier alpha value is -0.0600. The SMILES string of the molecule is CCC(C)C1CN(c2cc(Br)ccc2Br)C(CC)CN1. The van der Waals surface area contributed by atoms with Gasteiger partial charge in [0.2, 0.25) is 0 Å². The number of hydrogen-bond acceptors (Lipinski definition) is 2. The van der Waals surface area contributed by atoms with E-state index in [1.807, 2.05) is 0 Å². The molecule has 1 aromatic carbocycles. The Bertz CT molecular complexity index is 450. The van der Waals surface area contributed by atoms with Crippen molar-refractivity contribution in [2.24, 2.45) is 5.92 Å². The Morgan fingerprint density at radius 1 is 1.35 bits per heavy atom. The summed E-state index contributed by atoms with van der Waals surface area (Å²) in [7, 11) is 0. The van der Waals surface area contributed by atoms with Crippen molar-refractivity contribution in [3.05, 3.63) is 27.1 Å². The van der Waals surface area contributed by atoms with Crippen LogP contribution in [0.15, 0.2) is 27.1 Å². The van der Waals surface area contributed by atoms with Crippen molar-refractivity contribution >= 4 is 37.5 Å². The first-order valence-electron chi connectivity index (χ1n) is 7.51. The molecule has 0 radical (unpaired) electrons. The van der Waals surface area contributed by atoms with Gasteiger partial charge in [0.25, 0.3) is 0 Å². The van der Waals surface area contributed by atoms with Crippen molar-refractivity contribution in [1.29, 1.82) is 0 Å². The van der Waals surface area contributed by atoms with Crippen LogP contribution in [0, 0.1) is 5.92 Å². The van der Waals surface area contributed by atoms with Gasteiger partial charge in [-0.05, 0) is 46.5 Å². The molecule has 1 fully saturated rings. The topological polar surface area (TPSA) is 15.3 Å². The number of halogens is 2. The standard InChI is InChI=1S/C16H24Br2N2/c1-4-11(3)15-10-20(13(5-2)9-19-15)16-8-12(17)6-7-14(16)18/h6-8,11,13,15,19H,4-5,9-10H2,1-3H3. The van der Waals surface area contributed by atoms with Gasteiger partial charge in [0, 0.05) is 34.1 Å². The molecule has 4 heteroatoms. The van der Waals surface area contributed by atoms with Crippen LogP contribution >= 0.6 is 31.9 Å². The molecule has 0 bridgehead atoms. The van der Waals surface area contributed by atoms with E-state index in [0.29, 0.717) is 18.0 Å². The number of benzene rings is 1. The number of nitrogens with zero attached hydrogens (tertiary/aromatic N) is 1. The van der Waals surface area contributed by atoms with E-state index in [0.717, 1.165) is 17.6 Å². The Labute approximate surface area is 139 Å². The number of piperazine rings is 1. The summed E-state index contributed by atoms with van der Waals surface area (Å²) >= 11 is 7.31. The van der Waals surface area contributed by atoms with Gasteiger partial charge < -0.3 is 10.2 Å². The average Bonchev–Trinajstić information content (AvgIpc) is 2.48. The second kappa shape index (κ2) is 7.28. The molecule has 3 atom stereocenters. The monoisotopic (exact) mass is 402 g/mol. The number of nitrogens with one attached hydrogen (secondary N) is 1. The maximum Gasteiger partial charge on any atom is 0.0525 e. The Morgan fingerprint density at radius 3 is 2.75 bits per heavy atom. The molecule has 1 N–H and O–H groups in total. The number of hydrogen-bond donors (Lipinski definition) is 1.